The van der Waals surface area contributed by atoms with Gasteiger partial charge in [-0.2, -0.15) is 0 Å². The minimum Gasteiger partial charge on any atom is -0.396 e. The van der Waals surface area contributed by atoms with E-state index in [-0.39, 0.29) is 12.5 Å². The normalized spacial score (nSPS) is 10.6. The smallest absolute Gasteiger partial charge is 0.254 e. The number of carbonyl (C=O) groups is 1. The van der Waals surface area contributed by atoms with Gasteiger partial charge in [0.1, 0.15) is 0 Å². The summed E-state index contributed by atoms with van der Waals surface area (Å²) in [6, 6.07) is 4.01. The molecule has 1 rings (SSSR count). The van der Waals surface area contributed by atoms with Crippen LogP contribution in [0.1, 0.15) is 29.6 Å². The molecule has 3 nitrogen and oxygen atoms in total. The van der Waals surface area contributed by atoms with Crippen LogP contribution >= 0.6 is 67.8 Å². The maximum atomic E-state index is 12.4. The molecule has 0 fully saturated rings. The minimum absolute atomic E-state index is 0.0739. The molecular weight excluding hydrogens is 583 g/mol. The molecule has 0 aromatic heterocycles. The van der Waals surface area contributed by atoms with Crippen molar-refractivity contribution < 1.29 is 9.90 Å². The van der Waals surface area contributed by atoms with E-state index in [1.54, 1.807) is 4.90 Å². The van der Waals surface area contributed by atoms with E-state index in [0.29, 0.717) is 0 Å². The van der Waals surface area contributed by atoms with Crippen molar-refractivity contribution >= 4 is 73.7 Å². The highest BCUT2D eigenvalue weighted by Gasteiger charge is 2.17. The lowest BCUT2D eigenvalue weighted by atomic mass is 10.2. The van der Waals surface area contributed by atoms with Crippen LogP contribution in [-0.2, 0) is 0 Å². The topological polar surface area (TPSA) is 40.5 Å². The quantitative estimate of drug-likeness (QED) is 0.308. The molecule has 0 heterocycles. The van der Waals surface area contributed by atoms with Crippen LogP contribution in [0, 0.1) is 10.7 Å². The van der Waals surface area contributed by atoms with Crippen LogP contribution in [0.4, 0.5) is 0 Å². The average Bonchev–Trinajstić information content (AvgIpc) is 2.37. The summed E-state index contributed by atoms with van der Waals surface area (Å²) >= 11 is 6.73. The van der Waals surface area contributed by atoms with E-state index in [1.165, 1.54) is 0 Å². The summed E-state index contributed by atoms with van der Waals surface area (Å²) in [6.07, 6.45) is 2.69. The van der Waals surface area contributed by atoms with E-state index in [2.05, 4.69) is 73.8 Å². The lowest BCUT2D eigenvalue weighted by Crippen LogP contribution is -2.28. The molecule has 0 atom stereocenters. The summed E-state index contributed by atoms with van der Waals surface area (Å²) < 4.78 is 3.22. The highest BCUT2D eigenvalue weighted by Crippen LogP contribution is 2.23. The van der Waals surface area contributed by atoms with Crippen LogP contribution in [-0.4, -0.2) is 36.1 Å². The van der Waals surface area contributed by atoms with Crippen LogP contribution in [0.3, 0.4) is 0 Å². The largest absolute Gasteiger partial charge is 0.396 e. The molecule has 0 aliphatic rings. The predicted octanol–water partition coefficient (Wildman–Crippen LogP) is 3.74. The van der Waals surface area contributed by atoms with Crippen molar-refractivity contribution in [2.45, 2.75) is 19.3 Å². The first-order valence-electron chi connectivity index (χ1n) is 5.98. The van der Waals surface area contributed by atoms with Crippen molar-refractivity contribution in [1.29, 1.82) is 0 Å². The number of aliphatic hydroxyl groups excluding tert-OH is 1. The predicted molar refractivity (Wildman–Crippen MR) is 102 cm³/mol. The van der Waals surface area contributed by atoms with Crippen LogP contribution in [0.25, 0.3) is 0 Å². The first kappa shape index (κ1) is 17.9. The van der Waals surface area contributed by atoms with Crippen molar-refractivity contribution in [1.82, 2.24) is 4.90 Å². The number of halogens is 3. The monoisotopic (exact) mass is 599 g/mol. The molecule has 19 heavy (non-hydrogen) atoms. The summed E-state index contributed by atoms with van der Waals surface area (Å²) in [7, 11) is 1.84. The Bertz CT molecular complexity index is 452. The fourth-order valence-corrected chi connectivity index (χ4v) is 4.04. The molecule has 0 bridgehead atoms. The number of benzene rings is 1. The lowest BCUT2D eigenvalue weighted by molar-refractivity contribution is 0.0791. The highest BCUT2D eigenvalue weighted by molar-refractivity contribution is 14.1. The Labute approximate surface area is 154 Å². The number of aliphatic hydroxyl groups is 1. The molecule has 0 unspecified atom stereocenters. The zero-order chi connectivity index (χ0) is 14.4. The van der Waals surface area contributed by atoms with Gasteiger partial charge in [0, 0.05) is 30.9 Å². The van der Waals surface area contributed by atoms with Crippen LogP contribution < -0.4 is 0 Å². The van der Waals surface area contributed by atoms with Gasteiger partial charge < -0.3 is 10.0 Å². The molecule has 1 aromatic rings. The molecule has 0 aliphatic heterocycles. The zero-order valence-corrected chi connectivity index (χ0v) is 17.1. The van der Waals surface area contributed by atoms with Gasteiger partial charge in [0.25, 0.3) is 5.91 Å². The number of carbonyl (C=O) groups excluding carboxylic acids is 1. The third-order valence-corrected chi connectivity index (χ3v) is 6.39. The highest BCUT2D eigenvalue weighted by atomic mass is 127. The van der Waals surface area contributed by atoms with Gasteiger partial charge in [-0.15, -0.1) is 0 Å². The summed E-state index contributed by atoms with van der Waals surface area (Å²) in [4.78, 5) is 14.2. The molecule has 0 saturated carbocycles. The van der Waals surface area contributed by atoms with Crippen LogP contribution in [0.2, 0.25) is 0 Å². The summed E-state index contributed by atoms with van der Waals surface area (Å²) in [5, 5.41) is 8.73. The van der Waals surface area contributed by atoms with Gasteiger partial charge >= 0.3 is 0 Å². The molecule has 0 aliphatic carbocycles. The fourth-order valence-electron chi connectivity index (χ4n) is 1.66. The third kappa shape index (κ3) is 5.62. The Balaban J connectivity index is 2.71. The van der Waals surface area contributed by atoms with Gasteiger partial charge in [0.05, 0.1) is 5.56 Å². The summed E-state index contributed by atoms with van der Waals surface area (Å²) in [5.41, 5.74) is 0.779. The Morgan fingerprint density at radius 1 is 1.21 bits per heavy atom. The first-order valence-corrected chi connectivity index (χ1v) is 9.22. The van der Waals surface area contributed by atoms with Gasteiger partial charge in [-0.1, -0.05) is 0 Å². The standard InChI is InChI=1S/C13H16I3NO2/c1-17(5-3-2-4-6-18)13(19)10-7-9(14)8-11(15)12(10)16/h7-8,18H,2-6H2,1H3. The second-order valence-corrected chi connectivity index (χ2v) is 7.75. The van der Waals surface area contributed by atoms with E-state index < -0.39 is 0 Å². The van der Waals surface area contributed by atoms with Crippen LogP contribution in [0.5, 0.6) is 0 Å². The van der Waals surface area contributed by atoms with Crippen molar-refractivity contribution in [2.75, 3.05) is 20.2 Å². The van der Waals surface area contributed by atoms with Gasteiger partial charge in [-0.05, 0) is 99.2 Å². The van der Waals surface area contributed by atoms with E-state index in [9.17, 15) is 4.79 Å². The van der Waals surface area contributed by atoms with Crippen molar-refractivity contribution in [3.8, 4) is 0 Å². The molecule has 0 spiro atoms. The number of nitrogens with zero attached hydrogens (tertiary/aromatic N) is 1. The fraction of sp³-hybridized carbons (Fsp3) is 0.462. The Morgan fingerprint density at radius 3 is 2.53 bits per heavy atom. The van der Waals surface area contributed by atoms with Gasteiger partial charge in [-0.3, -0.25) is 4.79 Å². The SMILES string of the molecule is CN(CCCCCO)C(=O)c1cc(I)cc(I)c1I. The van der Waals surface area contributed by atoms with E-state index in [4.69, 9.17) is 5.11 Å². The second-order valence-electron chi connectivity index (χ2n) is 4.26. The third-order valence-electron chi connectivity index (χ3n) is 2.72. The molecule has 6 heteroatoms. The molecule has 106 valence electrons. The minimum atomic E-state index is 0.0739. The molecule has 0 saturated heterocycles. The summed E-state index contributed by atoms with van der Waals surface area (Å²) in [6.45, 7) is 0.960. The van der Waals surface area contributed by atoms with Gasteiger partial charge in [0.15, 0.2) is 0 Å². The molecular formula is C13H16I3NO2. The van der Waals surface area contributed by atoms with E-state index in [0.717, 1.165) is 42.1 Å². The van der Waals surface area contributed by atoms with E-state index in [1.807, 2.05) is 13.1 Å². The number of hydrogen-bond donors (Lipinski definition) is 1. The molecule has 1 aromatic carbocycles. The number of amides is 1. The van der Waals surface area contributed by atoms with Crippen LogP contribution in [0.15, 0.2) is 12.1 Å². The number of rotatable bonds is 6. The molecule has 0 radical (unpaired) electrons. The average molecular weight is 599 g/mol. The first-order chi connectivity index (χ1) is 8.97. The van der Waals surface area contributed by atoms with Crippen molar-refractivity contribution in [3.05, 3.63) is 28.4 Å². The number of hydrogen-bond acceptors (Lipinski definition) is 2. The van der Waals surface area contributed by atoms with E-state index >= 15 is 0 Å². The Morgan fingerprint density at radius 2 is 1.89 bits per heavy atom. The molecule has 1 amide bonds. The summed E-state index contributed by atoms with van der Waals surface area (Å²) in [5.74, 6) is 0.0739. The van der Waals surface area contributed by atoms with Gasteiger partial charge in [0.2, 0.25) is 0 Å². The van der Waals surface area contributed by atoms with Crippen molar-refractivity contribution in [2.24, 2.45) is 0 Å². The number of unbranched alkanes of at least 4 members (excludes halogenated alkanes) is 2. The maximum absolute atomic E-state index is 12.4. The Hall–Kier alpha value is 0.840. The zero-order valence-electron chi connectivity index (χ0n) is 10.6. The maximum Gasteiger partial charge on any atom is 0.254 e. The Kier molecular flexibility index (Phi) is 8.46. The second kappa shape index (κ2) is 8.98. The molecule has 1 N–H and O–H groups in total. The van der Waals surface area contributed by atoms with Crippen molar-refractivity contribution in [3.63, 3.8) is 0 Å². The van der Waals surface area contributed by atoms with Gasteiger partial charge in [-0.25, -0.2) is 0 Å². The lowest BCUT2D eigenvalue weighted by Gasteiger charge is -2.18.